The minimum Gasteiger partial charge on any atom is -0.508 e. The third-order valence-electron chi connectivity index (χ3n) is 5.11. The van der Waals surface area contributed by atoms with Crippen LogP contribution in [0.4, 0.5) is 0 Å². The Hall–Kier alpha value is -2.38. The van der Waals surface area contributed by atoms with E-state index in [9.17, 15) is 18.3 Å². The molecule has 0 spiro atoms. The first kappa shape index (κ1) is 20.4. The highest BCUT2D eigenvalue weighted by Crippen LogP contribution is 2.23. The summed E-state index contributed by atoms with van der Waals surface area (Å²) in [5, 5.41) is 12.3. The van der Waals surface area contributed by atoms with E-state index in [0.29, 0.717) is 37.5 Å². The highest BCUT2D eigenvalue weighted by atomic mass is 32.2. The number of piperidine rings is 1. The van der Waals surface area contributed by atoms with Crippen molar-refractivity contribution in [3.05, 3.63) is 59.7 Å². The van der Waals surface area contributed by atoms with E-state index < -0.39 is 10.0 Å². The number of phenols is 1. The summed E-state index contributed by atoms with van der Waals surface area (Å²) in [6, 6.07) is 13.0. The quantitative estimate of drug-likeness (QED) is 0.778. The highest BCUT2D eigenvalue weighted by Gasteiger charge is 2.28. The molecule has 1 fully saturated rings. The van der Waals surface area contributed by atoms with E-state index >= 15 is 0 Å². The number of carbonyl (C=O) groups excluding carboxylic acids is 1. The first-order chi connectivity index (χ1) is 13.4. The number of benzene rings is 2. The van der Waals surface area contributed by atoms with Crippen LogP contribution in [-0.2, 0) is 16.4 Å². The summed E-state index contributed by atoms with van der Waals surface area (Å²) < 4.78 is 27.0. The molecule has 0 bridgehead atoms. The summed E-state index contributed by atoms with van der Waals surface area (Å²) in [7, 11) is -3.51. The Morgan fingerprint density at radius 2 is 1.82 bits per heavy atom. The van der Waals surface area contributed by atoms with Crippen LogP contribution in [0, 0.1) is 5.92 Å². The van der Waals surface area contributed by atoms with Gasteiger partial charge in [-0.2, -0.15) is 4.31 Å². The number of nitrogens with one attached hydrogen (secondary N) is 1. The fraction of sp³-hybridized carbons (Fsp3) is 0.381. The van der Waals surface area contributed by atoms with Crippen LogP contribution in [0.25, 0.3) is 0 Å². The average molecular weight is 403 g/mol. The van der Waals surface area contributed by atoms with Gasteiger partial charge in [0.05, 0.1) is 4.90 Å². The van der Waals surface area contributed by atoms with Gasteiger partial charge in [-0.05, 0) is 67.1 Å². The molecule has 1 amide bonds. The van der Waals surface area contributed by atoms with E-state index in [4.69, 9.17) is 0 Å². The van der Waals surface area contributed by atoms with Crippen LogP contribution >= 0.6 is 0 Å². The summed E-state index contributed by atoms with van der Waals surface area (Å²) in [5.74, 6) is 0.497. The first-order valence-corrected chi connectivity index (χ1v) is 11.0. The molecule has 1 saturated heterocycles. The van der Waals surface area contributed by atoms with Crippen LogP contribution in [0.3, 0.4) is 0 Å². The molecule has 3 rings (SSSR count). The van der Waals surface area contributed by atoms with Gasteiger partial charge in [0.15, 0.2) is 0 Å². The van der Waals surface area contributed by atoms with Gasteiger partial charge in [-0.25, -0.2) is 8.42 Å². The first-order valence-electron chi connectivity index (χ1n) is 9.52. The molecule has 0 aliphatic carbocycles. The Labute approximate surface area is 166 Å². The molecule has 0 saturated carbocycles. The van der Waals surface area contributed by atoms with Crippen molar-refractivity contribution in [1.82, 2.24) is 9.62 Å². The molecule has 2 aromatic carbocycles. The maximum absolute atomic E-state index is 12.7. The van der Waals surface area contributed by atoms with E-state index in [0.717, 1.165) is 18.4 Å². The molecule has 0 atom stereocenters. The van der Waals surface area contributed by atoms with Gasteiger partial charge in [-0.15, -0.1) is 0 Å². The van der Waals surface area contributed by atoms with Crippen LogP contribution in [0.15, 0.2) is 53.4 Å². The van der Waals surface area contributed by atoms with E-state index in [2.05, 4.69) is 12.2 Å². The van der Waals surface area contributed by atoms with Gasteiger partial charge >= 0.3 is 0 Å². The number of amides is 1. The predicted molar refractivity (Wildman–Crippen MR) is 108 cm³/mol. The van der Waals surface area contributed by atoms with Crippen molar-refractivity contribution < 1.29 is 18.3 Å². The second-order valence-corrected chi connectivity index (χ2v) is 9.22. The standard InChI is InChI=1S/C21H26N2O4S/c1-16-10-13-23(14-11-16)28(26,27)20-7-5-18(6-8-20)21(25)22-12-9-17-3-2-4-19(24)15-17/h2-8,15-16,24H,9-14H2,1H3,(H,22,25). The number of phenolic OH excluding ortho intramolecular Hbond substituents is 1. The maximum atomic E-state index is 12.7. The third kappa shape index (κ3) is 4.91. The molecular formula is C21H26N2O4S. The Morgan fingerprint density at radius 3 is 2.46 bits per heavy atom. The van der Waals surface area contributed by atoms with Gasteiger partial charge in [-0.3, -0.25) is 4.79 Å². The van der Waals surface area contributed by atoms with Crippen molar-refractivity contribution in [2.24, 2.45) is 5.92 Å². The molecule has 1 heterocycles. The SMILES string of the molecule is CC1CCN(S(=O)(=O)c2ccc(C(=O)NCCc3cccc(O)c3)cc2)CC1. The van der Waals surface area contributed by atoms with Crippen LogP contribution in [-0.4, -0.2) is 43.4 Å². The van der Waals surface area contributed by atoms with Gasteiger partial charge in [0, 0.05) is 25.2 Å². The topological polar surface area (TPSA) is 86.7 Å². The van der Waals surface area contributed by atoms with Crippen molar-refractivity contribution >= 4 is 15.9 Å². The summed E-state index contributed by atoms with van der Waals surface area (Å²) in [4.78, 5) is 12.5. The molecule has 7 heteroatoms. The largest absolute Gasteiger partial charge is 0.508 e. The molecular weight excluding hydrogens is 376 g/mol. The molecule has 28 heavy (non-hydrogen) atoms. The molecule has 1 aliphatic heterocycles. The third-order valence-corrected chi connectivity index (χ3v) is 7.02. The minimum absolute atomic E-state index is 0.198. The molecule has 2 N–H and O–H groups in total. The summed E-state index contributed by atoms with van der Waals surface area (Å²) >= 11 is 0. The van der Waals surface area contributed by atoms with Gasteiger partial charge in [0.2, 0.25) is 10.0 Å². The van der Waals surface area contributed by atoms with Gasteiger partial charge in [0.1, 0.15) is 5.75 Å². The van der Waals surface area contributed by atoms with E-state index in [1.165, 1.54) is 16.4 Å². The molecule has 2 aromatic rings. The Balaban J connectivity index is 1.58. The molecule has 0 radical (unpaired) electrons. The average Bonchev–Trinajstić information content (AvgIpc) is 2.68. The lowest BCUT2D eigenvalue weighted by atomic mass is 10.0. The number of carbonyl (C=O) groups is 1. The van der Waals surface area contributed by atoms with Crippen molar-refractivity contribution in [2.45, 2.75) is 31.1 Å². The monoisotopic (exact) mass is 402 g/mol. The summed E-state index contributed by atoms with van der Waals surface area (Å²) in [6.07, 6.45) is 2.35. The van der Waals surface area contributed by atoms with Crippen molar-refractivity contribution in [3.8, 4) is 5.75 Å². The predicted octanol–water partition coefficient (Wildman–Crippen LogP) is 2.79. The van der Waals surface area contributed by atoms with Crippen LogP contribution in [0.2, 0.25) is 0 Å². The summed E-state index contributed by atoms with van der Waals surface area (Å²) in [6.45, 7) is 3.65. The van der Waals surface area contributed by atoms with Gasteiger partial charge in [0.25, 0.3) is 5.91 Å². The lowest BCUT2D eigenvalue weighted by Gasteiger charge is -2.29. The Kier molecular flexibility index (Phi) is 6.36. The molecule has 0 unspecified atom stereocenters. The zero-order valence-corrected chi connectivity index (χ0v) is 16.8. The molecule has 1 aliphatic rings. The Bertz CT molecular complexity index is 918. The lowest BCUT2D eigenvalue weighted by molar-refractivity contribution is 0.0954. The number of rotatable bonds is 6. The smallest absolute Gasteiger partial charge is 0.251 e. The van der Waals surface area contributed by atoms with Crippen molar-refractivity contribution in [3.63, 3.8) is 0 Å². The highest BCUT2D eigenvalue weighted by molar-refractivity contribution is 7.89. The molecule has 150 valence electrons. The maximum Gasteiger partial charge on any atom is 0.251 e. The van der Waals surface area contributed by atoms with Crippen LogP contribution < -0.4 is 5.32 Å². The fourth-order valence-electron chi connectivity index (χ4n) is 3.29. The zero-order chi connectivity index (χ0) is 20.1. The van der Waals surface area contributed by atoms with E-state index in [-0.39, 0.29) is 16.6 Å². The van der Waals surface area contributed by atoms with E-state index in [1.807, 2.05) is 6.07 Å². The van der Waals surface area contributed by atoms with Crippen LogP contribution in [0.1, 0.15) is 35.7 Å². The molecule has 6 nitrogen and oxygen atoms in total. The normalized spacial score (nSPS) is 16.0. The van der Waals surface area contributed by atoms with Gasteiger partial charge < -0.3 is 10.4 Å². The number of hydrogen-bond donors (Lipinski definition) is 2. The zero-order valence-electron chi connectivity index (χ0n) is 16.0. The van der Waals surface area contributed by atoms with Crippen molar-refractivity contribution in [1.29, 1.82) is 0 Å². The van der Waals surface area contributed by atoms with E-state index in [1.54, 1.807) is 30.3 Å². The number of sulfonamides is 1. The number of nitrogens with zero attached hydrogens (tertiary/aromatic N) is 1. The minimum atomic E-state index is -3.51. The number of aromatic hydroxyl groups is 1. The molecule has 0 aromatic heterocycles. The lowest BCUT2D eigenvalue weighted by Crippen LogP contribution is -2.37. The second kappa shape index (κ2) is 8.75. The van der Waals surface area contributed by atoms with Crippen molar-refractivity contribution in [2.75, 3.05) is 19.6 Å². The Morgan fingerprint density at radius 1 is 1.14 bits per heavy atom. The van der Waals surface area contributed by atoms with Crippen LogP contribution in [0.5, 0.6) is 5.75 Å². The second-order valence-electron chi connectivity index (χ2n) is 7.29. The number of hydrogen-bond acceptors (Lipinski definition) is 4. The summed E-state index contributed by atoms with van der Waals surface area (Å²) in [5.41, 5.74) is 1.35. The fourth-order valence-corrected chi connectivity index (χ4v) is 4.76. The van der Waals surface area contributed by atoms with Gasteiger partial charge in [-0.1, -0.05) is 19.1 Å².